The minimum Gasteiger partial charge on any atom is -0.392 e. The molecule has 1 N–H and O–H groups in total. The predicted octanol–water partition coefficient (Wildman–Crippen LogP) is 3.13. The Kier molecular flexibility index (Phi) is 6.68. The van der Waals surface area contributed by atoms with Gasteiger partial charge in [-0.15, -0.1) is 0 Å². The number of benzene rings is 1. The average Bonchev–Trinajstić information content (AvgIpc) is 2.65. The fourth-order valence-corrected chi connectivity index (χ4v) is 3.80. The number of β-amino-alcohol motifs (C(OH)–C–C–N with tert-alkyl or cyclic N) is 1. The quantitative estimate of drug-likeness (QED) is 0.832. The van der Waals surface area contributed by atoms with Gasteiger partial charge in [-0.05, 0) is 37.8 Å². The Balaban J connectivity index is 1.78. The van der Waals surface area contributed by atoms with Gasteiger partial charge in [-0.1, -0.05) is 38.1 Å². The fraction of sp³-hybridized carbons (Fsp3) is 0.565. The van der Waals surface area contributed by atoms with Crippen molar-refractivity contribution in [3.8, 4) is 0 Å². The first-order valence-corrected chi connectivity index (χ1v) is 10.4. The van der Waals surface area contributed by atoms with E-state index in [1.165, 1.54) is 16.7 Å². The third-order valence-corrected chi connectivity index (χ3v) is 5.82. The van der Waals surface area contributed by atoms with Crippen LogP contribution in [0.1, 0.15) is 42.1 Å². The highest BCUT2D eigenvalue weighted by molar-refractivity contribution is 5.52. The lowest BCUT2D eigenvalue weighted by atomic mass is 9.99. The van der Waals surface area contributed by atoms with E-state index < -0.39 is 0 Å². The van der Waals surface area contributed by atoms with Crippen LogP contribution in [0.5, 0.6) is 0 Å². The molecule has 1 aliphatic heterocycles. The molecule has 28 heavy (non-hydrogen) atoms. The van der Waals surface area contributed by atoms with Gasteiger partial charge >= 0.3 is 0 Å². The van der Waals surface area contributed by atoms with E-state index >= 15 is 0 Å². The van der Waals surface area contributed by atoms with Gasteiger partial charge in [-0.2, -0.15) is 0 Å². The minimum atomic E-state index is -0.258. The number of aromatic nitrogens is 2. The Bertz CT molecular complexity index is 797. The topological polar surface area (TPSA) is 52.5 Å². The minimum absolute atomic E-state index is 0.258. The van der Waals surface area contributed by atoms with Crippen molar-refractivity contribution in [2.24, 2.45) is 5.92 Å². The number of rotatable bonds is 6. The molecule has 1 aliphatic rings. The van der Waals surface area contributed by atoms with Crippen molar-refractivity contribution in [3.05, 3.63) is 52.5 Å². The zero-order valence-electron chi connectivity index (χ0n) is 17.9. The van der Waals surface area contributed by atoms with E-state index in [-0.39, 0.29) is 6.10 Å². The lowest BCUT2D eigenvalue weighted by Gasteiger charge is -2.37. The van der Waals surface area contributed by atoms with E-state index in [0.717, 1.165) is 56.5 Å². The molecule has 5 heteroatoms. The van der Waals surface area contributed by atoms with Crippen molar-refractivity contribution in [1.82, 2.24) is 14.9 Å². The number of hydrogen-bond donors (Lipinski definition) is 1. The number of anilines is 1. The van der Waals surface area contributed by atoms with Gasteiger partial charge in [0.05, 0.1) is 6.10 Å². The Hall–Kier alpha value is -1.98. The number of aliphatic hydroxyl groups is 1. The van der Waals surface area contributed by atoms with Crippen LogP contribution in [0.3, 0.4) is 0 Å². The van der Waals surface area contributed by atoms with Gasteiger partial charge in [0.1, 0.15) is 11.6 Å². The predicted molar refractivity (Wildman–Crippen MR) is 115 cm³/mol. The maximum atomic E-state index is 10.2. The van der Waals surface area contributed by atoms with Gasteiger partial charge in [0.25, 0.3) is 0 Å². The standard InChI is InChI=1S/C23H34N4O/c1-16(2)22(28)15-26-10-12-27(13-11-26)23-21(18(4)24-19(5)25-23)14-20-9-7-6-8-17(20)3/h6-9,16,22,28H,10-15H2,1-5H3/t22-/m0/s1. The molecule has 0 unspecified atom stereocenters. The second kappa shape index (κ2) is 9.01. The first kappa shape index (κ1) is 20.7. The average molecular weight is 383 g/mol. The Labute approximate surface area is 169 Å². The SMILES string of the molecule is Cc1nc(C)c(Cc2ccccc2C)c(N2CCN(C[C@H](O)C(C)C)CC2)n1. The molecule has 1 atom stereocenters. The molecule has 0 bridgehead atoms. The molecule has 2 heterocycles. The van der Waals surface area contributed by atoms with Crippen LogP contribution in [0.2, 0.25) is 0 Å². The van der Waals surface area contributed by atoms with E-state index in [9.17, 15) is 5.11 Å². The summed E-state index contributed by atoms with van der Waals surface area (Å²) >= 11 is 0. The third kappa shape index (κ3) is 4.89. The van der Waals surface area contributed by atoms with Gasteiger partial charge in [-0.25, -0.2) is 9.97 Å². The van der Waals surface area contributed by atoms with Gasteiger partial charge in [0.2, 0.25) is 0 Å². The lowest BCUT2D eigenvalue weighted by Crippen LogP contribution is -2.49. The molecule has 0 saturated carbocycles. The van der Waals surface area contributed by atoms with Gasteiger partial charge in [-0.3, -0.25) is 4.90 Å². The van der Waals surface area contributed by atoms with E-state index in [1.54, 1.807) is 0 Å². The van der Waals surface area contributed by atoms with E-state index in [1.807, 2.05) is 6.92 Å². The van der Waals surface area contributed by atoms with Crippen LogP contribution < -0.4 is 4.90 Å². The fourth-order valence-electron chi connectivity index (χ4n) is 3.80. The Morgan fingerprint density at radius 2 is 1.68 bits per heavy atom. The Morgan fingerprint density at radius 1 is 1.00 bits per heavy atom. The number of aliphatic hydroxyl groups excluding tert-OH is 1. The molecule has 0 aliphatic carbocycles. The van der Waals surface area contributed by atoms with Gasteiger partial charge < -0.3 is 10.0 Å². The highest BCUT2D eigenvalue weighted by Crippen LogP contribution is 2.26. The number of nitrogens with zero attached hydrogens (tertiary/aromatic N) is 4. The lowest BCUT2D eigenvalue weighted by molar-refractivity contribution is 0.0738. The first-order chi connectivity index (χ1) is 13.3. The van der Waals surface area contributed by atoms with E-state index in [0.29, 0.717) is 5.92 Å². The molecule has 1 aromatic carbocycles. The maximum absolute atomic E-state index is 10.2. The molecular weight excluding hydrogens is 348 g/mol. The molecule has 1 aromatic heterocycles. The second-order valence-electron chi connectivity index (χ2n) is 8.36. The normalized spacial score (nSPS) is 16.6. The van der Waals surface area contributed by atoms with Crippen LogP contribution in [-0.4, -0.2) is 58.8 Å². The summed E-state index contributed by atoms with van der Waals surface area (Å²) < 4.78 is 0. The number of aryl methyl sites for hydroxylation is 3. The summed E-state index contributed by atoms with van der Waals surface area (Å²) in [5.74, 6) is 2.21. The highest BCUT2D eigenvalue weighted by Gasteiger charge is 2.24. The Morgan fingerprint density at radius 3 is 2.32 bits per heavy atom. The van der Waals surface area contributed by atoms with Crippen molar-refractivity contribution >= 4 is 5.82 Å². The monoisotopic (exact) mass is 382 g/mol. The number of hydrogen-bond acceptors (Lipinski definition) is 5. The molecule has 0 amide bonds. The first-order valence-electron chi connectivity index (χ1n) is 10.4. The summed E-state index contributed by atoms with van der Waals surface area (Å²) in [6, 6.07) is 8.55. The molecule has 1 saturated heterocycles. The number of piperazine rings is 1. The van der Waals surface area contributed by atoms with E-state index in [2.05, 4.69) is 66.7 Å². The second-order valence-corrected chi connectivity index (χ2v) is 8.36. The van der Waals surface area contributed by atoms with Crippen LogP contribution in [0.4, 0.5) is 5.82 Å². The maximum Gasteiger partial charge on any atom is 0.136 e. The van der Waals surface area contributed by atoms with Crippen molar-refractivity contribution in [3.63, 3.8) is 0 Å². The summed E-state index contributed by atoms with van der Waals surface area (Å²) in [5, 5.41) is 10.2. The molecule has 0 radical (unpaired) electrons. The molecule has 2 aromatic rings. The van der Waals surface area contributed by atoms with Crippen LogP contribution in [0.25, 0.3) is 0 Å². The zero-order valence-corrected chi connectivity index (χ0v) is 17.9. The van der Waals surface area contributed by atoms with Crippen molar-refractivity contribution in [1.29, 1.82) is 0 Å². The molecule has 0 spiro atoms. The van der Waals surface area contributed by atoms with Crippen LogP contribution >= 0.6 is 0 Å². The van der Waals surface area contributed by atoms with Gasteiger partial charge in [0, 0.05) is 50.4 Å². The van der Waals surface area contributed by atoms with Crippen LogP contribution in [0, 0.1) is 26.7 Å². The van der Waals surface area contributed by atoms with Crippen LogP contribution in [0.15, 0.2) is 24.3 Å². The summed E-state index contributed by atoms with van der Waals surface area (Å²) in [6.45, 7) is 14.9. The summed E-state index contributed by atoms with van der Waals surface area (Å²) in [7, 11) is 0. The van der Waals surface area contributed by atoms with Crippen molar-refractivity contribution in [2.75, 3.05) is 37.6 Å². The summed E-state index contributed by atoms with van der Waals surface area (Å²) in [6.07, 6.45) is 0.604. The third-order valence-electron chi connectivity index (χ3n) is 5.82. The van der Waals surface area contributed by atoms with Crippen molar-refractivity contribution < 1.29 is 5.11 Å². The molecule has 3 rings (SSSR count). The van der Waals surface area contributed by atoms with E-state index in [4.69, 9.17) is 4.98 Å². The summed E-state index contributed by atoms with van der Waals surface area (Å²) in [4.78, 5) is 14.3. The van der Waals surface area contributed by atoms with Crippen LogP contribution in [-0.2, 0) is 6.42 Å². The molecular formula is C23H34N4O. The zero-order chi connectivity index (χ0) is 20.3. The molecule has 5 nitrogen and oxygen atoms in total. The van der Waals surface area contributed by atoms with Gasteiger partial charge in [0.15, 0.2) is 0 Å². The smallest absolute Gasteiger partial charge is 0.136 e. The van der Waals surface area contributed by atoms with Crippen molar-refractivity contribution in [2.45, 2.75) is 47.1 Å². The summed E-state index contributed by atoms with van der Waals surface area (Å²) in [5.41, 5.74) is 4.94. The highest BCUT2D eigenvalue weighted by atomic mass is 16.3. The largest absolute Gasteiger partial charge is 0.392 e. The molecule has 1 fully saturated rings. The molecule has 152 valence electrons.